The Morgan fingerprint density at radius 2 is 2.20 bits per heavy atom. The van der Waals surface area contributed by atoms with Gasteiger partial charge in [-0.2, -0.15) is 0 Å². The summed E-state index contributed by atoms with van der Waals surface area (Å²) < 4.78 is 8.00. The first-order valence-electron chi connectivity index (χ1n) is 8.30. The molecule has 1 N–H and O–H groups in total. The van der Waals surface area contributed by atoms with Gasteiger partial charge in [0, 0.05) is 27.1 Å². The number of aryl methyl sites for hydroxylation is 1. The molecule has 1 aliphatic heterocycles. The lowest BCUT2D eigenvalue weighted by molar-refractivity contribution is 0.214. The lowest BCUT2D eigenvalue weighted by Crippen LogP contribution is -2.40. The maximum Gasteiger partial charge on any atom is 0.194 e. The third kappa shape index (κ3) is 4.04. The van der Waals surface area contributed by atoms with Gasteiger partial charge >= 0.3 is 0 Å². The molecule has 0 amide bonds. The van der Waals surface area contributed by atoms with Gasteiger partial charge in [-0.05, 0) is 19.1 Å². The number of halogens is 1. The summed E-state index contributed by atoms with van der Waals surface area (Å²) in [6.45, 7) is 4.16. The molecule has 8 heteroatoms. The molecular weight excluding hydrogens is 340 g/mol. The minimum atomic E-state index is 0.0931. The lowest BCUT2D eigenvalue weighted by atomic mass is 10.3. The Kier molecular flexibility index (Phi) is 5.43. The van der Waals surface area contributed by atoms with E-state index in [4.69, 9.17) is 16.3 Å². The average molecular weight is 363 g/mol. The number of para-hydroxylation sites is 1. The van der Waals surface area contributed by atoms with Gasteiger partial charge in [-0.1, -0.05) is 23.7 Å². The molecule has 0 aliphatic carbocycles. The van der Waals surface area contributed by atoms with E-state index < -0.39 is 0 Å². The van der Waals surface area contributed by atoms with E-state index in [9.17, 15) is 0 Å². The lowest BCUT2D eigenvalue weighted by Gasteiger charge is -2.21. The van der Waals surface area contributed by atoms with Crippen molar-refractivity contribution in [3.63, 3.8) is 0 Å². The Labute approximate surface area is 152 Å². The highest BCUT2D eigenvalue weighted by Crippen LogP contribution is 2.26. The van der Waals surface area contributed by atoms with Crippen LogP contribution in [0.2, 0.25) is 5.02 Å². The first kappa shape index (κ1) is 17.5. The van der Waals surface area contributed by atoms with E-state index in [-0.39, 0.29) is 6.10 Å². The highest BCUT2D eigenvalue weighted by Gasteiger charge is 2.27. The van der Waals surface area contributed by atoms with Crippen molar-refractivity contribution in [1.82, 2.24) is 25.0 Å². The predicted octanol–water partition coefficient (Wildman–Crippen LogP) is 2.01. The Morgan fingerprint density at radius 1 is 1.40 bits per heavy atom. The molecule has 2 heterocycles. The summed E-state index contributed by atoms with van der Waals surface area (Å²) in [5, 5.41) is 12.2. The number of benzene rings is 1. The van der Waals surface area contributed by atoms with E-state index in [0.29, 0.717) is 11.6 Å². The molecule has 0 bridgehead atoms. The SMILES string of the molecule is CN=C(NCc1nnc(C)n1C)N1CCC(Oc2ccccc2Cl)C1. The van der Waals surface area contributed by atoms with Gasteiger partial charge in [0.25, 0.3) is 0 Å². The number of rotatable bonds is 4. The zero-order valence-corrected chi connectivity index (χ0v) is 15.5. The fraction of sp³-hybridized carbons (Fsp3) is 0.471. The molecule has 0 saturated carbocycles. The minimum Gasteiger partial charge on any atom is -0.487 e. The van der Waals surface area contributed by atoms with E-state index in [2.05, 4.69) is 25.4 Å². The monoisotopic (exact) mass is 362 g/mol. The number of nitrogens with zero attached hydrogens (tertiary/aromatic N) is 5. The molecule has 134 valence electrons. The topological polar surface area (TPSA) is 67.6 Å². The van der Waals surface area contributed by atoms with Gasteiger partial charge in [0.15, 0.2) is 11.8 Å². The maximum absolute atomic E-state index is 6.17. The molecular formula is C17H23ClN6O. The van der Waals surface area contributed by atoms with Gasteiger partial charge in [-0.15, -0.1) is 10.2 Å². The van der Waals surface area contributed by atoms with Crippen LogP contribution in [-0.4, -0.2) is 51.9 Å². The molecule has 2 aromatic rings. The van der Waals surface area contributed by atoms with Crippen LogP contribution in [0.5, 0.6) is 5.75 Å². The van der Waals surface area contributed by atoms with Crippen LogP contribution in [0.4, 0.5) is 0 Å². The van der Waals surface area contributed by atoms with Crippen LogP contribution in [0, 0.1) is 6.92 Å². The minimum absolute atomic E-state index is 0.0931. The van der Waals surface area contributed by atoms with Crippen LogP contribution in [0.3, 0.4) is 0 Å². The summed E-state index contributed by atoms with van der Waals surface area (Å²) in [6, 6.07) is 7.56. The first-order chi connectivity index (χ1) is 12.1. The van der Waals surface area contributed by atoms with Crippen molar-refractivity contribution < 1.29 is 4.74 Å². The molecule has 1 aromatic heterocycles. The standard InChI is InChI=1S/C17H23ClN6O/c1-12-21-22-16(23(12)3)10-20-17(19-2)24-9-8-13(11-24)25-15-7-5-4-6-14(15)18/h4-7,13H,8-11H2,1-3H3,(H,19,20). The Morgan fingerprint density at radius 3 is 2.88 bits per heavy atom. The van der Waals surface area contributed by atoms with Crippen molar-refractivity contribution in [1.29, 1.82) is 0 Å². The van der Waals surface area contributed by atoms with Crippen LogP contribution >= 0.6 is 11.6 Å². The number of nitrogens with one attached hydrogen (secondary N) is 1. The second-order valence-corrected chi connectivity index (χ2v) is 6.44. The molecule has 7 nitrogen and oxygen atoms in total. The van der Waals surface area contributed by atoms with Crippen molar-refractivity contribution >= 4 is 17.6 Å². The molecule has 0 radical (unpaired) electrons. The van der Waals surface area contributed by atoms with Gasteiger partial charge in [0.05, 0.1) is 18.1 Å². The molecule has 3 rings (SSSR count). The van der Waals surface area contributed by atoms with Crippen molar-refractivity contribution in [3.8, 4) is 5.75 Å². The van der Waals surface area contributed by atoms with Crippen molar-refractivity contribution in [2.45, 2.75) is 26.0 Å². The van der Waals surface area contributed by atoms with Gasteiger partial charge < -0.3 is 19.5 Å². The summed E-state index contributed by atoms with van der Waals surface area (Å²) in [7, 11) is 3.74. The average Bonchev–Trinajstić information content (AvgIpc) is 3.19. The molecule has 1 fully saturated rings. The second kappa shape index (κ2) is 7.74. The summed E-state index contributed by atoms with van der Waals surface area (Å²) in [6.07, 6.45) is 1.02. The van der Waals surface area contributed by atoms with Crippen LogP contribution in [-0.2, 0) is 13.6 Å². The molecule has 1 saturated heterocycles. The number of hydrogen-bond acceptors (Lipinski definition) is 4. The summed E-state index contributed by atoms with van der Waals surface area (Å²) in [5.41, 5.74) is 0. The molecule has 1 aromatic carbocycles. The second-order valence-electron chi connectivity index (χ2n) is 6.03. The number of ether oxygens (including phenoxy) is 1. The summed E-state index contributed by atoms with van der Waals surface area (Å²) in [4.78, 5) is 6.56. The molecule has 25 heavy (non-hydrogen) atoms. The van der Waals surface area contributed by atoms with Crippen molar-refractivity contribution in [2.24, 2.45) is 12.0 Å². The van der Waals surface area contributed by atoms with Gasteiger partial charge in [-0.3, -0.25) is 4.99 Å². The normalized spacial score (nSPS) is 17.8. The van der Waals surface area contributed by atoms with Crippen LogP contribution in [0.25, 0.3) is 0 Å². The van der Waals surface area contributed by atoms with Crippen LogP contribution in [0.15, 0.2) is 29.3 Å². The molecule has 1 aliphatic rings. The highest BCUT2D eigenvalue weighted by atomic mass is 35.5. The van der Waals surface area contributed by atoms with E-state index in [1.54, 1.807) is 7.05 Å². The quantitative estimate of drug-likeness (QED) is 0.665. The number of aliphatic imine (C=N–C) groups is 1. The Bertz CT molecular complexity index is 759. The number of guanidine groups is 1. The molecule has 0 spiro atoms. The van der Waals surface area contributed by atoms with Crippen LogP contribution < -0.4 is 10.1 Å². The highest BCUT2D eigenvalue weighted by molar-refractivity contribution is 6.32. The molecule has 1 unspecified atom stereocenters. The summed E-state index contributed by atoms with van der Waals surface area (Å²) >= 11 is 6.17. The number of hydrogen-bond donors (Lipinski definition) is 1. The Hall–Kier alpha value is -2.28. The van der Waals surface area contributed by atoms with Crippen molar-refractivity contribution in [2.75, 3.05) is 20.1 Å². The first-order valence-corrected chi connectivity index (χ1v) is 8.68. The zero-order valence-electron chi connectivity index (χ0n) is 14.7. The van der Waals surface area contributed by atoms with E-state index in [1.165, 1.54) is 0 Å². The maximum atomic E-state index is 6.17. The third-order valence-electron chi connectivity index (χ3n) is 4.37. The van der Waals surface area contributed by atoms with E-state index in [1.807, 2.05) is 42.8 Å². The predicted molar refractivity (Wildman–Crippen MR) is 98.0 cm³/mol. The van der Waals surface area contributed by atoms with Gasteiger partial charge in [0.2, 0.25) is 0 Å². The zero-order chi connectivity index (χ0) is 17.8. The fourth-order valence-electron chi connectivity index (χ4n) is 2.83. The number of likely N-dealkylation sites (tertiary alicyclic amines) is 1. The third-order valence-corrected chi connectivity index (χ3v) is 4.69. The number of aromatic nitrogens is 3. The Balaban J connectivity index is 1.56. The van der Waals surface area contributed by atoms with Gasteiger partial charge in [-0.25, -0.2) is 0 Å². The smallest absolute Gasteiger partial charge is 0.194 e. The molecule has 1 atom stereocenters. The van der Waals surface area contributed by atoms with Crippen molar-refractivity contribution in [3.05, 3.63) is 40.9 Å². The largest absolute Gasteiger partial charge is 0.487 e. The van der Waals surface area contributed by atoms with Crippen LogP contribution in [0.1, 0.15) is 18.1 Å². The fourth-order valence-corrected chi connectivity index (χ4v) is 3.01. The van der Waals surface area contributed by atoms with E-state index >= 15 is 0 Å². The summed E-state index contributed by atoms with van der Waals surface area (Å²) in [5.74, 6) is 3.34. The van der Waals surface area contributed by atoms with E-state index in [0.717, 1.165) is 42.9 Å². The van der Waals surface area contributed by atoms with Gasteiger partial charge in [0.1, 0.15) is 17.7 Å².